The standard InChI is InChI=1S/C10H17N3O2/c1-6(2)13-10(15)9(7(3)12-13)5-11-8(4)14/h6,12H,5H2,1-4H3,(H,11,14). The molecule has 0 aromatic carbocycles. The van der Waals surface area contributed by atoms with Crippen molar-refractivity contribution in [3.05, 3.63) is 21.6 Å². The lowest BCUT2D eigenvalue weighted by Crippen LogP contribution is -2.26. The van der Waals surface area contributed by atoms with Crippen LogP contribution in [0.1, 0.15) is 38.1 Å². The topological polar surface area (TPSA) is 66.9 Å². The minimum atomic E-state index is -0.133. The van der Waals surface area contributed by atoms with Gasteiger partial charge >= 0.3 is 0 Å². The smallest absolute Gasteiger partial charge is 0.271 e. The Morgan fingerprint density at radius 3 is 2.53 bits per heavy atom. The number of nitrogens with zero attached hydrogens (tertiary/aromatic N) is 1. The number of amides is 1. The number of aryl methyl sites for hydroxylation is 1. The molecule has 0 saturated heterocycles. The van der Waals surface area contributed by atoms with Crippen molar-refractivity contribution in [3.8, 4) is 0 Å². The average molecular weight is 211 g/mol. The van der Waals surface area contributed by atoms with Crippen LogP contribution in [0, 0.1) is 6.92 Å². The summed E-state index contributed by atoms with van der Waals surface area (Å²) in [5.41, 5.74) is 1.37. The third-order valence-electron chi connectivity index (χ3n) is 2.25. The molecule has 1 aromatic rings. The predicted molar refractivity (Wildman–Crippen MR) is 57.7 cm³/mol. The first-order valence-corrected chi connectivity index (χ1v) is 4.98. The van der Waals surface area contributed by atoms with Crippen molar-refractivity contribution in [1.29, 1.82) is 0 Å². The van der Waals surface area contributed by atoms with E-state index in [1.54, 1.807) is 4.68 Å². The van der Waals surface area contributed by atoms with Gasteiger partial charge in [-0.3, -0.25) is 19.4 Å². The molecule has 1 amide bonds. The second-order valence-electron chi connectivity index (χ2n) is 3.89. The van der Waals surface area contributed by atoms with Crippen molar-refractivity contribution in [2.45, 2.75) is 40.3 Å². The Bertz CT molecular complexity index is 415. The third kappa shape index (κ3) is 2.49. The van der Waals surface area contributed by atoms with Gasteiger partial charge in [-0.1, -0.05) is 0 Å². The number of hydrogen-bond donors (Lipinski definition) is 2. The molecule has 5 nitrogen and oxygen atoms in total. The lowest BCUT2D eigenvalue weighted by Gasteiger charge is -2.03. The highest BCUT2D eigenvalue weighted by molar-refractivity contribution is 5.72. The van der Waals surface area contributed by atoms with Crippen LogP contribution in [0.15, 0.2) is 4.79 Å². The first-order valence-electron chi connectivity index (χ1n) is 4.98. The maximum absolute atomic E-state index is 11.8. The highest BCUT2D eigenvalue weighted by atomic mass is 16.1. The summed E-state index contributed by atoms with van der Waals surface area (Å²) >= 11 is 0. The Morgan fingerprint density at radius 2 is 2.13 bits per heavy atom. The molecular formula is C10H17N3O2. The van der Waals surface area contributed by atoms with Crippen LogP contribution in [0.5, 0.6) is 0 Å². The molecule has 0 aliphatic heterocycles. The summed E-state index contributed by atoms with van der Waals surface area (Å²) < 4.78 is 1.56. The molecule has 0 bridgehead atoms. The van der Waals surface area contributed by atoms with Crippen LogP contribution >= 0.6 is 0 Å². The zero-order valence-electron chi connectivity index (χ0n) is 9.55. The van der Waals surface area contributed by atoms with Gasteiger partial charge in [-0.2, -0.15) is 0 Å². The third-order valence-corrected chi connectivity index (χ3v) is 2.25. The van der Waals surface area contributed by atoms with Gasteiger partial charge in [0.25, 0.3) is 5.56 Å². The van der Waals surface area contributed by atoms with E-state index in [2.05, 4.69) is 10.4 Å². The quantitative estimate of drug-likeness (QED) is 0.773. The molecule has 0 spiro atoms. The maximum atomic E-state index is 11.8. The highest BCUT2D eigenvalue weighted by Gasteiger charge is 2.12. The molecular weight excluding hydrogens is 194 g/mol. The number of nitrogens with one attached hydrogen (secondary N) is 2. The summed E-state index contributed by atoms with van der Waals surface area (Å²) in [6.07, 6.45) is 0. The van der Waals surface area contributed by atoms with Gasteiger partial charge in [-0.05, 0) is 20.8 Å². The van der Waals surface area contributed by atoms with E-state index >= 15 is 0 Å². The van der Waals surface area contributed by atoms with Gasteiger partial charge in [-0.25, -0.2) is 0 Å². The van der Waals surface area contributed by atoms with Crippen LogP contribution in [0.3, 0.4) is 0 Å². The Labute approximate surface area is 88.5 Å². The van der Waals surface area contributed by atoms with E-state index in [-0.39, 0.29) is 24.1 Å². The molecule has 0 aliphatic rings. The minimum Gasteiger partial charge on any atom is -0.352 e. The lowest BCUT2D eigenvalue weighted by molar-refractivity contribution is -0.119. The molecule has 0 saturated carbocycles. The van der Waals surface area contributed by atoms with Crippen LogP contribution in [-0.2, 0) is 11.3 Å². The molecule has 0 unspecified atom stereocenters. The fourth-order valence-corrected chi connectivity index (χ4v) is 1.39. The first-order chi connectivity index (χ1) is 6.93. The summed E-state index contributed by atoms with van der Waals surface area (Å²) in [6.45, 7) is 7.41. The summed E-state index contributed by atoms with van der Waals surface area (Å²) in [5, 5.41) is 5.61. The summed E-state index contributed by atoms with van der Waals surface area (Å²) in [4.78, 5) is 22.6. The Balaban J connectivity index is 2.98. The number of carbonyl (C=O) groups excluding carboxylic acids is 1. The first kappa shape index (κ1) is 11.6. The van der Waals surface area contributed by atoms with Crippen molar-refractivity contribution in [1.82, 2.24) is 15.1 Å². The molecule has 1 aromatic heterocycles. The van der Waals surface area contributed by atoms with Gasteiger partial charge in [0, 0.05) is 18.7 Å². The average Bonchev–Trinajstić information content (AvgIpc) is 2.39. The maximum Gasteiger partial charge on any atom is 0.271 e. The zero-order valence-corrected chi connectivity index (χ0v) is 9.55. The Kier molecular flexibility index (Phi) is 3.34. The normalized spacial score (nSPS) is 10.7. The van der Waals surface area contributed by atoms with E-state index in [4.69, 9.17) is 0 Å². The van der Waals surface area contributed by atoms with E-state index in [1.807, 2.05) is 20.8 Å². The largest absolute Gasteiger partial charge is 0.352 e. The highest BCUT2D eigenvalue weighted by Crippen LogP contribution is 2.04. The van der Waals surface area contributed by atoms with Crippen LogP contribution in [0.25, 0.3) is 0 Å². The number of aromatic nitrogens is 2. The molecule has 0 radical (unpaired) electrons. The van der Waals surface area contributed by atoms with Crippen molar-refractivity contribution in [2.75, 3.05) is 0 Å². The lowest BCUT2D eigenvalue weighted by atomic mass is 10.2. The van der Waals surface area contributed by atoms with Gasteiger partial charge in [0.05, 0.1) is 12.1 Å². The van der Waals surface area contributed by atoms with Crippen LogP contribution < -0.4 is 10.9 Å². The summed E-state index contributed by atoms with van der Waals surface area (Å²) in [6, 6.07) is 0.0993. The molecule has 1 rings (SSSR count). The predicted octanol–water partition coefficient (Wildman–Crippen LogP) is 0.702. The van der Waals surface area contributed by atoms with E-state index < -0.39 is 0 Å². The van der Waals surface area contributed by atoms with E-state index in [0.29, 0.717) is 5.56 Å². The van der Waals surface area contributed by atoms with E-state index in [0.717, 1.165) is 5.69 Å². The van der Waals surface area contributed by atoms with Crippen molar-refractivity contribution < 1.29 is 4.79 Å². The minimum absolute atomic E-state index is 0.0590. The van der Waals surface area contributed by atoms with Gasteiger partial charge in [0.2, 0.25) is 5.91 Å². The molecule has 0 aliphatic carbocycles. The molecule has 5 heteroatoms. The van der Waals surface area contributed by atoms with E-state index in [9.17, 15) is 9.59 Å². The van der Waals surface area contributed by atoms with Crippen LogP contribution in [0.2, 0.25) is 0 Å². The fourth-order valence-electron chi connectivity index (χ4n) is 1.39. The summed E-state index contributed by atoms with van der Waals surface area (Å²) in [7, 11) is 0. The van der Waals surface area contributed by atoms with E-state index in [1.165, 1.54) is 6.92 Å². The number of aromatic amines is 1. The molecule has 84 valence electrons. The fraction of sp³-hybridized carbons (Fsp3) is 0.600. The van der Waals surface area contributed by atoms with Crippen LogP contribution in [0.4, 0.5) is 0 Å². The van der Waals surface area contributed by atoms with Crippen molar-refractivity contribution >= 4 is 5.91 Å². The second kappa shape index (κ2) is 4.33. The number of hydrogen-bond acceptors (Lipinski definition) is 2. The SMILES string of the molecule is CC(=O)NCc1c(C)[nH]n(C(C)C)c1=O. The molecule has 0 fully saturated rings. The van der Waals surface area contributed by atoms with Crippen LogP contribution in [-0.4, -0.2) is 15.7 Å². The Morgan fingerprint density at radius 1 is 1.53 bits per heavy atom. The molecule has 2 N–H and O–H groups in total. The number of rotatable bonds is 3. The molecule has 15 heavy (non-hydrogen) atoms. The van der Waals surface area contributed by atoms with Gasteiger partial charge < -0.3 is 5.32 Å². The number of H-pyrrole nitrogens is 1. The second-order valence-corrected chi connectivity index (χ2v) is 3.89. The van der Waals surface area contributed by atoms with Gasteiger partial charge in [0.1, 0.15) is 0 Å². The zero-order chi connectivity index (χ0) is 11.6. The van der Waals surface area contributed by atoms with Crippen molar-refractivity contribution in [3.63, 3.8) is 0 Å². The molecule has 1 heterocycles. The van der Waals surface area contributed by atoms with Crippen molar-refractivity contribution in [2.24, 2.45) is 0 Å². The Hall–Kier alpha value is -1.52. The summed E-state index contributed by atoms with van der Waals surface area (Å²) in [5.74, 6) is -0.133. The van der Waals surface area contributed by atoms with Gasteiger partial charge in [-0.15, -0.1) is 0 Å². The molecule has 0 atom stereocenters. The monoisotopic (exact) mass is 211 g/mol. The van der Waals surface area contributed by atoms with Gasteiger partial charge in [0.15, 0.2) is 0 Å². The number of carbonyl (C=O) groups is 1.